The molecule has 95 heavy (non-hydrogen) atoms. The van der Waals surface area contributed by atoms with Crippen molar-refractivity contribution in [3.63, 3.8) is 0 Å². The summed E-state index contributed by atoms with van der Waals surface area (Å²) in [5.41, 5.74) is 23.8. The first-order valence-electron chi connectivity index (χ1n) is 33.1. The number of rotatable bonds is 15. The Kier molecular flexibility index (Phi) is 15.9. The summed E-state index contributed by atoms with van der Waals surface area (Å²) < 4.78 is 7.26. The van der Waals surface area contributed by atoms with Gasteiger partial charge in [-0.25, -0.2) is 0 Å². The van der Waals surface area contributed by atoms with Gasteiger partial charge in [0.1, 0.15) is 0 Å². The fraction of sp³-hybridized carbons (Fsp3) is 0.121. The van der Waals surface area contributed by atoms with E-state index in [1.165, 1.54) is 98.8 Å². The van der Waals surface area contributed by atoms with E-state index in [2.05, 4.69) is 353 Å². The lowest BCUT2D eigenvalue weighted by atomic mass is 9.77. The SMILES string of the molecule is C/C=C\C.C=Cc1ccc(C(C)(C)c2ccc3c(c2)c2ccccc2n3-c2ccc(N(c3ccc(-n4c5ccccc5c5cc(C(C)(C)c6ccc(C=C)cc6)ccc54)cc3)c3ccc(-n4c5ccccc5c5cc(C(C)(C)c6ccc(C=C)cc6)ccc54)cc3)cc2)cc1. The molecule has 3 aromatic heterocycles. The van der Waals surface area contributed by atoms with Crippen LogP contribution in [0.2, 0.25) is 0 Å². The maximum absolute atomic E-state index is 3.99. The summed E-state index contributed by atoms with van der Waals surface area (Å²) in [5, 5.41) is 7.39. The molecule has 0 saturated heterocycles. The topological polar surface area (TPSA) is 18.0 Å². The summed E-state index contributed by atoms with van der Waals surface area (Å²) >= 11 is 0. The van der Waals surface area contributed by atoms with Gasteiger partial charge in [0.25, 0.3) is 0 Å². The highest BCUT2D eigenvalue weighted by Gasteiger charge is 2.29. The first-order valence-corrected chi connectivity index (χ1v) is 33.1. The second-order valence-corrected chi connectivity index (χ2v) is 26.7. The molecule has 0 radical (unpaired) electrons. The Morgan fingerprint density at radius 3 is 0.737 bits per heavy atom. The standard InChI is InChI=1S/C87H72N4.C4H8/c1-10-58-25-31-61(32-26-58)85(4,5)64-37-52-82-76(55-64)73-19-13-16-22-79(73)89(82)70-46-40-67(41-47-70)88(68-42-48-71(49-43-68)90-80-23-17-14-20-74(80)77-56-65(38-53-83(77)90)86(6,7)62-33-27-59(11-2)28-34-62)69-44-50-72(51-45-69)91-81-24-18-15-21-75(81)78-57-66(39-54-84(78)91)87(8,9)63-35-29-60(12-3)30-36-63;1-3-4-2/h10-57H,1-3H2,4-9H3;3-4H,1-2H3/b;4-3-. The van der Waals surface area contributed by atoms with E-state index in [0.29, 0.717) is 0 Å². The number of para-hydroxylation sites is 3. The lowest BCUT2D eigenvalue weighted by molar-refractivity contribution is 0.641. The normalized spacial score (nSPS) is 12.1. The number of anilines is 3. The number of allylic oxidation sites excluding steroid dienone is 2. The van der Waals surface area contributed by atoms with Gasteiger partial charge in [0.2, 0.25) is 0 Å². The van der Waals surface area contributed by atoms with Crippen molar-refractivity contribution in [2.75, 3.05) is 4.90 Å². The smallest absolute Gasteiger partial charge is 0.0541 e. The minimum absolute atomic E-state index is 0.214. The molecule has 0 fully saturated rings. The molecule has 0 aliphatic rings. The molecule has 0 aliphatic heterocycles. The molecule has 15 aromatic rings. The molecule has 0 unspecified atom stereocenters. The van der Waals surface area contributed by atoms with Crippen LogP contribution in [0.25, 0.3) is 101 Å². The zero-order valence-corrected chi connectivity index (χ0v) is 55.8. The Morgan fingerprint density at radius 2 is 0.495 bits per heavy atom. The predicted octanol–water partition coefficient (Wildman–Crippen LogP) is 24.9. The van der Waals surface area contributed by atoms with Crippen molar-refractivity contribution in [2.45, 2.75) is 71.6 Å². The van der Waals surface area contributed by atoms with Crippen LogP contribution in [0.4, 0.5) is 17.1 Å². The van der Waals surface area contributed by atoms with E-state index >= 15 is 0 Å². The maximum Gasteiger partial charge on any atom is 0.0541 e. The number of hydrogen-bond donors (Lipinski definition) is 0. The van der Waals surface area contributed by atoms with Crippen LogP contribution >= 0.6 is 0 Å². The highest BCUT2D eigenvalue weighted by molar-refractivity contribution is 6.12. The van der Waals surface area contributed by atoms with Crippen molar-refractivity contribution < 1.29 is 0 Å². The van der Waals surface area contributed by atoms with Crippen molar-refractivity contribution in [1.29, 1.82) is 0 Å². The molecule has 3 heterocycles. The molecular weight excluding hydrogens is 1150 g/mol. The lowest BCUT2D eigenvalue weighted by Gasteiger charge is -2.27. The monoisotopic (exact) mass is 1230 g/mol. The van der Waals surface area contributed by atoms with Gasteiger partial charge >= 0.3 is 0 Å². The van der Waals surface area contributed by atoms with Crippen LogP contribution in [0.3, 0.4) is 0 Å². The largest absolute Gasteiger partial charge is 0.310 e. The van der Waals surface area contributed by atoms with Crippen molar-refractivity contribution in [3.8, 4) is 17.1 Å². The molecule has 4 heteroatoms. The van der Waals surface area contributed by atoms with E-state index in [1.54, 1.807) is 0 Å². The minimum Gasteiger partial charge on any atom is -0.310 e. The summed E-state index contributed by atoms with van der Waals surface area (Å²) in [5.74, 6) is 0. The van der Waals surface area contributed by atoms with Gasteiger partial charge < -0.3 is 18.6 Å². The zero-order valence-electron chi connectivity index (χ0n) is 55.8. The van der Waals surface area contributed by atoms with Crippen LogP contribution in [0, 0.1) is 0 Å². The third-order valence-corrected chi connectivity index (χ3v) is 20.2. The minimum atomic E-state index is -0.214. The maximum atomic E-state index is 3.99. The molecule has 0 atom stereocenters. The fourth-order valence-electron chi connectivity index (χ4n) is 14.2. The first-order chi connectivity index (χ1) is 46.1. The highest BCUT2D eigenvalue weighted by atomic mass is 15.1. The van der Waals surface area contributed by atoms with Crippen LogP contribution in [-0.2, 0) is 16.2 Å². The van der Waals surface area contributed by atoms with Crippen LogP contribution < -0.4 is 4.90 Å². The van der Waals surface area contributed by atoms with Crippen molar-refractivity contribution in [3.05, 3.63) is 355 Å². The number of aromatic nitrogens is 3. The summed E-state index contributed by atoms with van der Waals surface area (Å²) in [4.78, 5) is 2.39. The molecule has 0 N–H and O–H groups in total. The Bertz CT molecular complexity index is 4870. The van der Waals surface area contributed by atoms with Gasteiger partial charge in [-0.05, 0) is 191 Å². The summed E-state index contributed by atoms with van der Waals surface area (Å²) in [6.45, 7) is 29.9. The quantitative estimate of drug-likeness (QED) is 0.0936. The Balaban J connectivity index is 0.00000189. The number of nitrogens with zero attached hydrogens (tertiary/aromatic N) is 4. The third kappa shape index (κ3) is 10.8. The van der Waals surface area contributed by atoms with Gasteiger partial charge in [0.15, 0.2) is 0 Å². The Morgan fingerprint density at radius 1 is 0.263 bits per heavy atom. The van der Waals surface area contributed by atoms with Crippen molar-refractivity contribution in [2.24, 2.45) is 0 Å². The molecule has 0 amide bonds. The van der Waals surface area contributed by atoms with Crippen LogP contribution in [0.15, 0.2) is 305 Å². The molecule has 12 aromatic carbocycles. The molecule has 15 rings (SSSR count). The highest BCUT2D eigenvalue weighted by Crippen LogP contribution is 2.44. The lowest BCUT2D eigenvalue weighted by Crippen LogP contribution is -2.18. The van der Waals surface area contributed by atoms with E-state index in [0.717, 1.165) is 50.8 Å². The second kappa shape index (κ2) is 24.7. The Hall–Kier alpha value is -11.2. The number of fused-ring (bicyclic) bond motifs is 9. The number of benzene rings is 12. The van der Waals surface area contributed by atoms with Crippen molar-refractivity contribution in [1.82, 2.24) is 13.7 Å². The van der Waals surface area contributed by atoms with Crippen LogP contribution in [-0.4, -0.2) is 13.7 Å². The van der Waals surface area contributed by atoms with Gasteiger partial charge in [0, 0.05) is 82.7 Å². The van der Waals surface area contributed by atoms with E-state index < -0.39 is 0 Å². The average molecular weight is 1230 g/mol. The average Bonchev–Trinajstić information content (AvgIpc) is 1.62. The molecule has 464 valence electrons. The van der Waals surface area contributed by atoms with E-state index in [9.17, 15) is 0 Å². The van der Waals surface area contributed by atoms with Gasteiger partial charge in [-0.15, -0.1) is 0 Å². The molecule has 0 bridgehead atoms. The molecule has 0 spiro atoms. The summed E-state index contributed by atoms with van der Waals surface area (Å²) in [6.07, 6.45) is 9.71. The van der Waals surface area contributed by atoms with Gasteiger partial charge in [-0.1, -0.05) is 237 Å². The van der Waals surface area contributed by atoms with E-state index in [4.69, 9.17) is 0 Å². The second-order valence-electron chi connectivity index (χ2n) is 26.7. The first kappa shape index (κ1) is 61.3. The Labute approximate surface area is 559 Å². The summed E-state index contributed by atoms with van der Waals surface area (Å²) in [7, 11) is 0. The molecule has 4 nitrogen and oxygen atoms in total. The van der Waals surface area contributed by atoms with E-state index in [1.807, 2.05) is 44.2 Å². The van der Waals surface area contributed by atoms with E-state index in [-0.39, 0.29) is 16.2 Å². The van der Waals surface area contributed by atoms with Crippen LogP contribution in [0.5, 0.6) is 0 Å². The molecule has 0 aliphatic carbocycles. The zero-order chi connectivity index (χ0) is 65.8. The van der Waals surface area contributed by atoms with Crippen molar-refractivity contribution >= 4 is 101 Å². The van der Waals surface area contributed by atoms with Gasteiger partial charge in [0.05, 0.1) is 33.1 Å². The predicted molar refractivity (Wildman–Crippen MR) is 411 cm³/mol. The summed E-state index contributed by atoms with van der Waals surface area (Å²) in [6, 6.07) is 101. The fourth-order valence-corrected chi connectivity index (χ4v) is 14.2. The van der Waals surface area contributed by atoms with Gasteiger partial charge in [-0.3, -0.25) is 0 Å². The van der Waals surface area contributed by atoms with Gasteiger partial charge in [-0.2, -0.15) is 0 Å². The van der Waals surface area contributed by atoms with Crippen LogP contribution in [0.1, 0.15) is 105 Å². The molecular formula is C91H80N4. The third-order valence-electron chi connectivity index (χ3n) is 20.2. The number of hydrogen-bond acceptors (Lipinski definition) is 1. The molecule has 0 saturated carbocycles.